The van der Waals surface area contributed by atoms with Crippen LogP contribution in [0, 0.1) is 18.6 Å². The second-order valence-electron chi connectivity index (χ2n) is 5.10. The van der Waals surface area contributed by atoms with Crippen molar-refractivity contribution in [2.24, 2.45) is 5.73 Å². The van der Waals surface area contributed by atoms with Gasteiger partial charge in [0.1, 0.15) is 17.2 Å². The van der Waals surface area contributed by atoms with E-state index in [1.807, 2.05) is 0 Å². The molecule has 110 valence electrons. The van der Waals surface area contributed by atoms with E-state index in [0.29, 0.717) is 5.56 Å². The van der Waals surface area contributed by atoms with Crippen LogP contribution in [0.1, 0.15) is 18.1 Å². The molecule has 3 nitrogen and oxygen atoms in total. The summed E-state index contributed by atoms with van der Waals surface area (Å²) < 4.78 is 27.2. The highest BCUT2D eigenvalue weighted by molar-refractivity contribution is 5.98. The highest BCUT2D eigenvalue weighted by Gasteiger charge is 2.31. The number of hydrogen-bond donors (Lipinski definition) is 2. The number of rotatable bonds is 3. The zero-order chi connectivity index (χ0) is 15.6. The third kappa shape index (κ3) is 3.08. The van der Waals surface area contributed by atoms with Gasteiger partial charge in [0.25, 0.3) is 0 Å². The van der Waals surface area contributed by atoms with Crippen LogP contribution in [0.25, 0.3) is 0 Å². The molecule has 0 saturated heterocycles. The lowest BCUT2D eigenvalue weighted by molar-refractivity contribution is -0.120. The fourth-order valence-corrected chi connectivity index (χ4v) is 1.91. The van der Waals surface area contributed by atoms with Crippen molar-refractivity contribution in [1.29, 1.82) is 0 Å². The standard InChI is InChI=1S/C16H16F2N2O/c1-10-8-13(18)14(9-12(10)17)20-15(21)16(2,19)11-6-4-3-5-7-11/h3-9H,19H2,1-2H3,(H,20,21). The average molecular weight is 290 g/mol. The molecule has 0 aliphatic carbocycles. The number of nitrogens with one attached hydrogen (secondary N) is 1. The fraction of sp³-hybridized carbons (Fsp3) is 0.188. The number of amides is 1. The fourth-order valence-electron chi connectivity index (χ4n) is 1.91. The van der Waals surface area contributed by atoms with Crippen molar-refractivity contribution >= 4 is 11.6 Å². The van der Waals surface area contributed by atoms with Crippen LogP contribution >= 0.6 is 0 Å². The minimum atomic E-state index is -1.35. The minimum absolute atomic E-state index is 0.170. The summed E-state index contributed by atoms with van der Waals surface area (Å²) in [4.78, 5) is 12.3. The van der Waals surface area contributed by atoms with Gasteiger partial charge in [-0.25, -0.2) is 8.78 Å². The van der Waals surface area contributed by atoms with Gasteiger partial charge in [0, 0.05) is 6.07 Å². The summed E-state index contributed by atoms with van der Waals surface area (Å²) in [5, 5.41) is 2.34. The molecular formula is C16H16F2N2O. The first kappa shape index (κ1) is 15.1. The van der Waals surface area contributed by atoms with E-state index in [2.05, 4.69) is 5.32 Å². The molecule has 0 fully saturated rings. The van der Waals surface area contributed by atoms with Crippen LogP contribution in [-0.4, -0.2) is 5.91 Å². The molecule has 2 aromatic carbocycles. The Kier molecular flexibility index (Phi) is 4.04. The van der Waals surface area contributed by atoms with Crippen LogP contribution in [0.3, 0.4) is 0 Å². The van der Waals surface area contributed by atoms with Gasteiger partial charge >= 0.3 is 0 Å². The molecule has 1 amide bonds. The number of halogens is 2. The Morgan fingerprint density at radius 3 is 2.38 bits per heavy atom. The van der Waals surface area contributed by atoms with E-state index in [4.69, 9.17) is 5.73 Å². The van der Waals surface area contributed by atoms with E-state index < -0.39 is 23.1 Å². The maximum atomic E-state index is 13.8. The Balaban J connectivity index is 2.28. The van der Waals surface area contributed by atoms with Gasteiger partial charge in [-0.15, -0.1) is 0 Å². The lowest BCUT2D eigenvalue weighted by atomic mass is 9.92. The number of nitrogens with two attached hydrogens (primary N) is 1. The van der Waals surface area contributed by atoms with Gasteiger partial charge in [0.2, 0.25) is 5.91 Å². The highest BCUT2D eigenvalue weighted by atomic mass is 19.1. The van der Waals surface area contributed by atoms with Crippen molar-refractivity contribution < 1.29 is 13.6 Å². The molecule has 0 aliphatic heterocycles. The predicted octanol–water partition coefficient (Wildman–Crippen LogP) is 3.09. The Morgan fingerprint density at radius 1 is 1.14 bits per heavy atom. The molecule has 0 heterocycles. The van der Waals surface area contributed by atoms with Gasteiger partial charge in [0.15, 0.2) is 0 Å². The van der Waals surface area contributed by atoms with Gasteiger partial charge in [0.05, 0.1) is 5.69 Å². The van der Waals surface area contributed by atoms with Crippen LogP contribution in [0.15, 0.2) is 42.5 Å². The van der Waals surface area contributed by atoms with Gasteiger partial charge in [-0.3, -0.25) is 4.79 Å². The summed E-state index contributed by atoms with van der Waals surface area (Å²) in [5.41, 5.74) is 5.19. The predicted molar refractivity (Wildman–Crippen MR) is 77.7 cm³/mol. The normalized spacial score (nSPS) is 13.6. The number of aryl methyl sites for hydroxylation is 1. The van der Waals surface area contributed by atoms with Gasteiger partial charge in [-0.05, 0) is 31.0 Å². The van der Waals surface area contributed by atoms with E-state index in [9.17, 15) is 13.6 Å². The minimum Gasteiger partial charge on any atom is -0.322 e. The number of carbonyl (C=O) groups is 1. The van der Waals surface area contributed by atoms with Gasteiger partial charge < -0.3 is 11.1 Å². The Hall–Kier alpha value is -2.27. The Morgan fingerprint density at radius 2 is 1.76 bits per heavy atom. The molecule has 0 spiro atoms. The monoisotopic (exact) mass is 290 g/mol. The molecule has 0 aromatic heterocycles. The van der Waals surface area contributed by atoms with Gasteiger partial charge in [-0.1, -0.05) is 30.3 Å². The smallest absolute Gasteiger partial charge is 0.248 e. The summed E-state index contributed by atoms with van der Waals surface area (Å²) >= 11 is 0. The van der Waals surface area contributed by atoms with E-state index in [-0.39, 0.29) is 11.3 Å². The summed E-state index contributed by atoms with van der Waals surface area (Å²) in [6.07, 6.45) is 0. The second kappa shape index (κ2) is 5.61. The SMILES string of the molecule is Cc1cc(F)c(NC(=O)C(C)(N)c2ccccc2)cc1F. The lowest BCUT2D eigenvalue weighted by Crippen LogP contribution is -2.45. The largest absolute Gasteiger partial charge is 0.322 e. The summed E-state index contributed by atoms with van der Waals surface area (Å²) in [6, 6.07) is 10.7. The van der Waals surface area contributed by atoms with Crippen LogP contribution in [0.5, 0.6) is 0 Å². The van der Waals surface area contributed by atoms with Gasteiger partial charge in [-0.2, -0.15) is 0 Å². The molecule has 2 rings (SSSR count). The van der Waals surface area contributed by atoms with Crippen LogP contribution in [0.2, 0.25) is 0 Å². The van der Waals surface area contributed by atoms with Crippen LogP contribution < -0.4 is 11.1 Å². The lowest BCUT2D eigenvalue weighted by Gasteiger charge is -2.24. The summed E-state index contributed by atoms with van der Waals surface area (Å²) in [7, 11) is 0. The first-order valence-corrected chi connectivity index (χ1v) is 6.44. The topological polar surface area (TPSA) is 55.1 Å². The third-order valence-electron chi connectivity index (χ3n) is 3.34. The van der Waals surface area contributed by atoms with E-state index in [0.717, 1.165) is 12.1 Å². The number of anilines is 1. The molecule has 1 atom stereocenters. The number of carbonyl (C=O) groups excluding carboxylic acids is 1. The molecule has 5 heteroatoms. The molecule has 0 radical (unpaired) electrons. The zero-order valence-electron chi connectivity index (χ0n) is 11.8. The Bertz CT molecular complexity index is 669. The molecule has 3 N–H and O–H groups in total. The van der Waals surface area contributed by atoms with Crippen molar-refractivity contribution in [2.75, 3.05) is 5.32 Å². The first-order valence-electron chi connectivity index (χ1n) is 6.44. The third-order valence-corrected chi connectivity index (χ3v) is 3.34. The summed E-state index contributed by atoms with van der Waals surface area (Å²) in [6.45, 7) is 2.96. The molecule has 0 aliphatic rings. The average Bonchev–Trinajstić information content (AvgIpc) is 2.45. The molecule has 2 aromatic rings. The maximum absolute atomic E-state index is 13.8. The second-order valence-corrected chi connectivity index (χ2v) is 5.10. The quantitative estimate of drug-likeness (QED) is 0.912. The van der Waals surface area contributed by atoms with Crippen molar-refractivity contribution in [3.8, 4) is 0 Å². The van der Waals surface area contributed by atoms with Crippen molar-refractivity contribution in [2.45, 2.75) is 19.4 Å². The molecule has 0 saturated carbocycles. The zero-order valence-corrected chi connectivity index (χ0v) is 11.8. The van der Waals surface area contributed by atoms with Crippen molar-refractivity contribution in [3.05, 3.63) is 65.2 Å². The van der Waals surface area contributed by atoms with Crippen molar-refractivity contribution in [1.82, 2.24) is 0 Å². The molecule has 0 bridgehead atoms. The molecule has 21 heavy (non-hydrogen) atoms. The van der Waals surface area contributed by atoms with Crippen LogP contribution in [0.4, 0.5) is 14.5 Å². The van der Waals surface area contributed by atoms with Crippen LogP contribution in [-0.2, 0) is 10.3 Å². The van der Waals surface area contributed by atoms with E-state index in [1.54, 1.807) is 30.3 Å². The first-order chi connectivity index (χ1) is 9.82. The van der Waals surface area contributed by atoms with E-state index in [1.165, 1.54) is 13.8 Å². The molecule has 1 unspecified atom stereocenters. The van der Waals surface area contributed by atoms with Crippen molar-refractivity contribution in [3.63, 3.8) is 0 Å². The number of hydrogen-bond acceptors (Lipinski definition) is 2. The summed E-state index contributed by atoms with van der Waals surface area (Å²) in [5.74, 6) is -1.91. The Labute approximate surface area is 121 Å². The highest BCUT2D eigenvalue weighted by Crippen LogP contribution is 2.23. The molecular weight excluding hydrogens is 274 g/mol. The number of benzene rings is 2. The van der Waals surface area contributed by atoms with E-state index >= 15 is 0 Å². The maximum Gasteiger partial charge on any atom is 0.248 e.